The lowest BCUT2D eigenvalue weighted by Gasteiger charge is -2.19. The molecule has 5 nitrogen and oxygen atoms in total. The molecule has 27 heavy (non-hydrogen) atoms. The SMILES string of the molecule is COc1ccc(S(=O)(=O)NC(c2ccc(F)cc2)c2cccs2)cc1OC. The van der Waals surface area contributed by atoms with Crippen LogP contribution in [0.5, 0.6) is 11.5 Å². The Hall–Kier alpha value is -2.42. The van der Waals surface area contributed by atoms with Crippen molar-refractivity contribution in [1.82, 2.24) is 4.72 Å². The predicted molar refractivity (Wildman–Crippen MR) is 102 cm³/mol. The van der Waals surface area contributed by atoms with Crippen LogP contribution in [0.4, 0.5) is 4.39 Å². The van der Waals surface area contributed by atoms with Crippen LogP contribution in [0, 0.1) is 5.82 Å². The van der Waals surface area contributed by atoms with Gasteiger partial charge in [0.1, 0.15) is 5.82 Å². The second-order valence-electron chi connectivity index (χ2n) is 5.64. The van der Waals surface area contributed by atoms with E-state index in [2.05, 4.69) is 4.72 Å². The number of hydrogen-bond acceptors (Lipinski definition) is 5. The Labute approximate surface area is 161 Å². The summed E-state index contributed by atoms with van der Waals surface area (Å²) in [6.45, 7) is 0. The molecule has 3 aromatic rings. The first kappa shape index (κ1) is 19.3. The summed E-state index contributed by atoms with van der Waals surface area (Å²) in [6, 6.07) is 13.2. The number of rotatable bonds is 7. The van der Waals surface area contributed by atoms with Gasteiger partial charge in [0.25, 0.3) is 0 Å². The second-order valence-corrected chi connectivity index (χ2v) is 8.33. The van der Waals surface area contributed by atoms with Crippen LogP contribution in [0.15, 0.2) is 64.9 Å². The predicted octanol–water partition coefficient (Wildman–Crippen LogP) is 3.97. The van der Waals surface area contributed by atoms with Crippen LogP contribution < -0.4 is 14.2 Å². The molecule has 0 amide bonds. The van der Waals surface area contributed by atoms with Crippen molar-refractivity contribution in [2.24, 2.45) is 0 Å². The van der Waals surface area contributed by atoms with E-state index in [1.54, 1.807) is 12.1 Å². The van der Waals surface area contributed by atoms with Gasteiger partial charge >= 0.3 is 0 Å². The number of benzene rings is 2. The topological polar surface area (TPSA) is 64.6 Å². The van der Waals surface area contributed by atoms with Gasteiger partial charge in [0.15, 0.2) is 11.5 Å². The van der Waals surface area contributed by atoms with Crippen molar-refractivity contribution in [2.75, 3.05) is 14.2 Å². The molecule has 0 aliphatic rings. The summed E-state index contributed by atoms with van der Waals surface area (Å²) < 4.78 is 52.3. The van der Waals surface area contributed by atoms with E-state index in [1.165, 1.54) is 55.9 Å². The summed E-state index contributed by atoms with van der Waals surface area (Å²) in [5.41, 5.74) is 0.642. The molecule has 1 atom stereocenters. The molecule has 0 saturated heterocycles. The Bertz CT molecular complexity index is 1000. The molecule has 1 unspecified atom stereocenters. The second kappa shape index (κ2) is 8.08. The van der Waals surface area contributed by atoms with Crippen molar-refractivity contribution in [3.05, 3.63) is 76.2 Å². The number of hydrogen-bond donors (Lipinski definition) is 1. The van der Waals surface area contributed by atoms with E-state index in [0.29, 0.717) is 17.1 Å². The third kappa shape index (κ3) is 4.29. The van der Waals surface area contributed by atoms with Crippen molar-refractivity contribution in [3.8, 4) is 11.5 Å². The quantitative estimate of drug-likeness (QED) is 0.644. The van der Waals surface area contributed by atoms with E-state index in [9.17, 15) is 12.8 Å². The third-order valence-electron chi connectivity index (χ3n) is 3.97. The average Bonchev–Trinajstić information content (AvgIpc) is 3.21. The summed E-state index contributed by atoms with van der Waals surface area (Å²) in [4.78, 5) is 0.842. The van der Waals surface area contributed by atoms with Gasteiger partial charge in [-0.05, 0) is 41.3 Å². The smallest absolute Gasteiger partial charge is 0.241 e. The minimum absolute atomic E-state index is 0.0452. The maximum atomic E-state index is 13.3. The summed E-state index contributed by atoms with van der Waals surface area (Å²) in [5, 5.41) is 1.86. The number of sulfonamides is 1. The van der Waals surface area contributed by atoms with Crippen molar-refractivity contribution >= 4 is 21.4 Å². The lowest BCUT2D eigenvalue weighted by Crippen LogP contribution is -2.29. The molecule has 0 aliphatic heterocycles. The Morgan fingerprint density at radius 3 is 2.30 bits per heavy atom. The fourth-order valence-corrected chi connectivity index (χ4v) is 4.70. The van der Waals surface area contributed by atoms with E-state index < -0.39 is 16.1 Å². The molecule has 0 fully saturated rings. The minimum atomic E-state index is -3.87. The van der Waals surface area contributed by atoms with Gasteiger partial charge < -0.3 is 9.47 Å². The van der Waals surface area contributed by atoms with Crippen molar-refractivity contribution < 1.29 is 22.3 Å². The molecular weight excluding hydrogens is 389 g/mol. The first-order valence-corrected chi connectivity index (χ1v) is 10.3. The Morgan fingerprint density at radius 2 is 1.70 bits per heavy atom. The maximum absolute atomic E-state index is 13.3. The zero-order valence-electron chi connectivity index (χ0n) is 14.7. The molecule has 1 N–H and O–H groups in total. The Balaban J connectivity index is 1.99. The molecule has 8 heteroatoms. The average molecular weight is 407 g/mol. The van der Waals surface area contributed by atoms with Crippen molar-refractivity contribution in [2.45, 2.75) is 10.9 Å². The standard InChI is InChI=1S/C19H18FNO4S2/c1-24-16-10-9-15(12-17(16)25-2)27(22,23)21-19(18-4-3-11-26-18)13-5-7-14(20)8-6-13/h3-12,19,21H,1-2H3. The molecule has 2 aromatic carbocycles. The van der Waals surface area contributed by atoms with Crippen molar-refractivity contribution in [1.29, 1.82) is 0 Å². The number of ether oxygens (including phenoxy) is 2. The number of halogens is 1. The van der Waals surface area contributed by atoms with E-state index in [-0.39, 0.29) is 10.7 Å². The lowest BCUT2D eigenvalue weighted by molar-refractivity contribution is 0.354. The van der Waals surface area contributed by atoms with Gasteiger partial charge in [-0.3, -0.25) is 0 Å². The molecular formula is C19H18FNO4S2. The fraction of sp³-hybridized carbons (Fsp3) is 0.158. The molecule has 0 radical (unpaired) electrons. The van der Waals surface area contributed by atoms with Gasteiger partial charge in [0.2, 0.25) is 10.0 Å². The molecule has 1 aromatic heterocycles. The van der Waals surface area contributed by atoms with Crippen LogP contribution in [-0.4, -0.2) is 22.6 Å². The van der Waals surface area contributed by atoms with Gasteiger partial charge in [-0.15, -0.1) is 11.3 Å². The highest BCUT2D eigenvalue weighted by molar-refractivity contribution is 7.89. The molecule has 3 rings (SSSR count). The van der Waals surface area contributed by atoms with Gasteiger partial charge in [0, 0.05) is 10.9 Å². The highest BCUT2D eigenvalue weighted by atomic mass is 32.2. The van der Waals surface area contributed by atoms with Gasteiger partial charge in [-0.2, -0.15) is 4.72 Å². The normalized spacial score (nSPS) is 12.6. The third-order valence-corrected chi connectivity index (χ3v) is 6.33. The molecule has 1 heterocycles. The highest BCUT2D eigenvalue weighted by Gasteiger charge is 2.25. The first-order chi connectivity index (χ1) is 12.9. The highest BCUT2D eigenvalue weighted by Crippen LogP contribution is 2.32. The zero-order valence-corrected chi connectivity index (χ0v) is 16.3. The summed E-state index contributed by atoms with van der Waals surface area (Å²) in [5.74, 6) is 0.367. The fourth-order valence-electron chi connectivity index (χ4n) is 2.61. The van der Waals surface area contributed by atoms with Crippen LogP contribution in [0.1, 0.15) is 16.5 Å². The van der Waals surface area contributed by atoms with E-state index in [4.69, 9.17) is 9.47 Å². The maximum Gasteiger partial charge on any atom is 0.241 e. The van der Waals surface area contributed by atoms with E-state index in [1.807, 2.05) is 17.5 Å². The summed E-state index contributed by atoms with van der Waals surface area (Å²) in [7, 11) is -0.957. The molecule has 142 valence electrons. The largest absolute Gasteiger partial charge is 0.493 e. The number of nitrogens with one attached hydrogen (secondary N) is 1. The minimum Gasteiger partial charge on any atom is -0.493 e. The van der Waals surface area contributed by atoms with Crippen LogP contribution in [0.2, 0.25) is 0 Å². The summed E-state index contributed by atoms with van der Waals surface area (Å²) >= 11 is 1.41. The number of thiophene rings is 1. The Kier molecular flexibility index (Phi) is 5.79. The van der Waals surface area contributed by atoms with Gasteiger partial charge in [-0.25, -0.2) is 12.8 Å². The van der Waals surface area contributed by atoms with Gasteiger partial charge in [-0.1, -0.05) is 18.2 Å². The molecule has 0 bridgehead atoms. The van der Waals surface area contributed by atoms with E-state index >= 15 is 0 Å². The molecule has 0 aliphatic carbocycles. The van der Waals surface area contributed by atoms with Crippen molar-refractivity contribution in [3.63, 3.8) is 0 Å². The van der Waals surface area contributed by atoms with Gasteiger partial charge in [0.05, 0.1) is 25.2 Å². The Morgan fingerprint density at radius 1 is 1.00 bits per heavy atom. The van der Waals surface area contributed by atoms with Crippen LogP contribution in [-0.2, 0) is 10.0 Å². The van der Waals surface area contributed by atoms with Crippen LogP contribution in [0.25, 0.3) is 0 Å². The lowest BCUT2D eigenvalue weighted by atomic mass is 10.1. The zero-order chi connectivity index (χ0) is 19.4. The summed E-state index contributed by atoms with van der Waals surface area (Å²) in [6.07, 6.45) is 0. The molecule has 0 spiro atoms. The monoisotopic (exact) mass is 407 g/mol. The number of methoxy groups -OCH3 is 2. The molecule has 0 saturated carbocycles. The van der Waals surface area contributed by atoms with Crippen LogP contribution >= 0.6 is 11.3 Å². The van der Waals surface area contributed by atoms with Crippen LogP contribution in [0.3, 0.4) is 0 Å². The van der Waals surface area contributed by atoms with E-state index in [0.717, 1.165) is 4.88 Å². The first-order valence-electron chi connectivity index (χ1n) is 7.98.